The third-order valence-electron chi connectivity index (χ3n) is 2.88. The number of hydrogen-bond donors (Lipinski definition) is 1. The smallest absolute Gasteiger partial charge is 0.343 e. The molecule has 0 bridgehead atoms. The van der Waals surface area contributed by atoms with Crippen molar-refractivity contribution in [3.63, 3.8) is 0 Å². The van der Waals surface area contributed by atoms with E-state index in [4.69, 9.17) is 0 Å². The first-order valence-electron chi connectivity index (χ1n) is 5.81. The van der Waals surface area contributed by atoms with E-state index in [1.807, 2.05) is 0 Å². The standard InChI is InChI=1S/C11H17F3N2O2/c1-6(2)8-9(17)15-7(3)10(18)16(8)5-4-11(12,13)14/h6-8H,4-5H2,1-3H3,(H,15,17). The highest BCUT2D eigenvalue weighted by Crippen LogP contribution is 2.23. The van der Waals surface area contributed by atoms with Gasteiger partial charge in [0.15, 0.2) is 0 Å². The summed E-state index contributed by atoms with van der Waals surface area (Å²) in [6.45, 7) is 4.41. The van der Waals surface area contributed by atoms with Crippen LogP contribution < -0.4 is 5.32 Å². The van der Waals surface area contributed by atoms with Crippen LogP contribution in [0.4, 0.5) is 13.2 Å². The second kappa shape index (κ2) is 5.16. The Bertz CT molecular complexity index is 342. The fraction of sp³-hybridized carbons (Fsp3) is 0.818. The molecule has 0 aromatic carbocycles. The molecule has 0 aliphatic carbocycles. The number of carbonyl (C=O) groups excluding carboxylic acids is 2. The van der Waals surface area contributed by atoms with Crippen LogP contribution in [0.1, 0.15) is 27.2 Å². The molecule has 0 aromatic rings. The molecule has 2 amide bonds. The van der Waals surface area contributed by atoms with Crippen molar-refractivity contribution < 1.29 is 22.8 Å². The summed E-state index contributed by atoms with van der Waals surface area (Å²) in [6.07, 6.45) is -5.43. The van der Waals surface area contributed by atoms with Crippen molar-refractivity contribution in [1.82, 2.24) is 10.2 Å². The summed E-state index contributed by atoms with van der Waals surface area (Å²) in [6, 6.07) is -1.59. The zero-order chi connectivity index (χ0) is 14.1. The number of alkyl halides is 3. The van der Waals surface area contributed by atoms with Crippen molar-refractivity contribution in [3.05, 3.63) is 0 Å². The molecule has 1 aliphatic rings. The van der Waals surface area contributed by atoms with Gasteiger partial charge in [-0.2, -0.15) is 13.2 Å². The van der Waals surface area contributed by atoms with Gasteiger partial charge < -0.3 is 10.2 Å². The number of nitrogens with zero attached hydrogens (tertiary/aromatic N) is 1. The van der Waals surface area contributed by atoms with Crippen molar-refractivity contribution in [3.8, 4) is 0 Å². The zero-order valence-electron chi connectivity index (χ0n) is 10.5. The highest BCUT2D eigenvalue weighted by Gasteiger charge is 2.41. The molecule has 18 heavy (non-hydrogen) atoms. The Morgan fingerprint density at radius 3 is 2.33 bits per heavy atom. The Labute approximate surface area is 104 Å². The lowest BCUT2D eigenvalue weighted by atomic mass is 9.97. The highest BCUT2D eigenvalue weighted by atomic mass is 19.4. The largest absolute Gasteiger partial charge is 0.390 e. The topological polar surface area (TPSA) is 49.4 Å². The van der Waals surface area contributed by atoms with Crippen LogP contribution in [0.3, 0.4) is 0 Å². The molecule has 4 nitrogen and oxygen atoms in total. The molecule has 2 unspecified atom stereocenters. The first-order chi connectivity index (χ1) is 8.13. The Hall–Kier alpha value is -1.27. The van der Waals surface area contributed by atoms with E-state index in [9.17, 15) is 22.8 Å². The number of amides is 2. The van der Waals surface area contributed by atoms with Crippen LogP contribution >= 0.6 is 0 Å². The average molecular weight is 266 g/mol. The highest BCUT2D eigenvalue weighted by molar-refractivity contribution is 5.96. The molecular weight excluding hydrogens is 249 g/mol. The minimum absolute atomic E-state index is 0.227. The van der Waals surface area contributed by atoms with Gasteiger partial charge in [-0.15, -0.1) is 0 Å². The number of piperazine rings is 1. The second-order valence-electron chi connectivity index (χ2n) is 4.82. The third-order valence-corrected chi connectivity index (χ3v) is 2.88. The van der Waals surface area contributed by atoms with Gasteiger partial charge >= 0.3 is 6.18 Å². The number of halogens is 3. The van der Waals surface area contributed by atoms with Gasteiger partial charge in [0.05, 0.1) is 6.42 Å². The molecule has 1 fully saturated rings. The van der Waals surface area contributed by atoms with Crippen molar-refractivity contribution in [2.24, 2.45) is 5.92 Å². The molecule has 1 aliphatic heterocycles. The SMILES string of the molecule is CC1NC(=O)C(C(C)C)N(CCC(F)(F)F)C1=O. The lowest BCUT2D eigenvalue weighted by Crippen LogP contribution is -2.64. The van der Waals surface area contributed by atoms with Gasteiger partial charge in [-0.3, -0.25) is 9.59 Å². The summed E-state index contributed by atoms with van der Waals surface area (Å²) < 4.78 is 36.7. The number of rotatable bonds is 3. The molecule has 1 saturated heterocycles. The van der Waals surface area contributed by atoms with Crippen LogP contribution in [0.5, 0.6) is 0 Å². The first kappa shape index (κ1) is 14.8. The zero-order valence-corrected chi connectivity index (χ0v) is 10.5. The average Bonchev–Trinajstić information content (AvgIpc) is 2.19. The second-order valence-corrected chi connectivity index (χ2v) is 4.82. The Morgan fingerprint density at radius 1 is 1.33 bits per heavy atom. The molecule has 0 radical (unpaired) electrons. The molecule has 1 rings (SSSR count). The van der Waals surface area contributed by atoms with E-state index < -0.39 is 37.1 Å². The van der Waals surface area contributed by atoms with Crippen molar-refractivity contribution in [2.75, 3.05) is 6.54 Å². The van der Waals surface area contributed by atoms with Crippen LogP contribution in [-0.2, 0) is 9.59 Å². The summed E-state index contributed by atoms with van der Waals surface area (Å²) in [5.41, 5.74) is 0. The van der Waals surface area contributed by atoms with E-state index in [2.05, 4.69) is 5.32 Å². The molecule has 2 atom stereocenters. The lowest BCUT2D eigenvalue weighted by Gasteiger charge is -2.40. The van der Waals surface area contributed by atoms with Gasteiger partial charge in [0.1, 0.15) is 12.1 Å². The summed E-state index contributed by atoms with van der Waals surface area (Å²) in [5.74, 6) is -1.08. The van der Waals surface area contributed by atoms with E-state index in [0.717, 1.165) is 4.90 Å². The monoisotopic (exact) mass is 266 g/mol. The lowest BCUT2D eigenvalue weighted by molar-refractivity contribution is -0.159. The van der Waals surface area contributed by atoms with Gasteiger partial charge in [-0.25, -0.2) is 0 Å². The van der Waals surface area contributed by atoms with E-state index in [0.29, 0.717) is 0 Å². The van der Waals surface area contributed by atoms with Gasteiger partial charge in [0, 0.05) is 6.54 Å². The van der Waals surface area contributed by atoms with Gasteiger partial charge in [-0.05, 0) is 12.8 Å². The number of nitrogens with one attached hydrogen (secondary N) is 1. The van der Waals surface area contributed by atoms with Gasteiger partial charge in [0.2, 0.25) is 11.8 Å². The predicted molar refractivity (Wildman–Crippen MR) is 58.6 cm³/mol. The summed E-state index contributed by atoms with van der Waals surface area (Å²) in [5, 5.41) is 2.48. The van der Waals surface area contributed by atoms with Gasteiger partial charge in [-0.1, -0.05) is 13.8 Å². The molecule has 0 aromatic heterocycles. The molecule has 104 valence electrons. The number of carbonyl (C=O) groups is 2. The van der Waals surface area contributed by atoms with E-state index in [1.165, 1.54) is 6.92 Å². The minimum Gasteiger partial charge on any atom is -0.343 e. The quantitative estimate of drug-likeness (QED) is 0.837. The van der Waals surface area contributed by atoms with Crippen LogP contribution in [0.25, 0.3) is 0 Å². The molecule has 0 spiro atoms. The van der Waals surface area contributed by atoms with Crippen molar-refractivity contribution in [2.45, 2.75) is 45.5 Å². The summed E-state index contributed by atoms with van der Waals surface area (Å²) in [7, 11) is 0. The minimum atomic E-state index is -4.33. The van der Waals surface area contributed by atoms with E-state index in [1.54, 1.807) is 13.8 Å². The maximum atomic E-state index is 12.2. The molecule has 1 heterocycles. The summed E-state index contributed by atoms with van der Waals surface area (Å²) in [4.78, 5) is 24.6. The fourth-order valence-corrected chi connectivity index (χ4v) is 2.05. The van der Waals surface area contributed by atoms with Crippen LogP contribution in [0.2, 0.25) is 0 Å². The predicted octanol–water partition coefficient (Wildman–Crippen LogP) is 1.31. The third kappa shape index (κ3) is 3.36. The Morgan fingerprint density at radius 2 is 1.89 bits per heavy atom. The Balaban J connectivity index is 2.85. The van der Waals surface area contributed by atoms with Crippen LogP contribution in [0.15, 0.2) is 0 Å². The number of hydrogen-bond acceptors (Lipinski definition) is 2. The Kier molecular flexibility index (Phi) is 4.24. The summed E-state index contributed by atoms with van der Waals surface area (Å²) >= 11 is 0. The van der Waals surface area contributed by atoms with E-state index in [-0.39, 0.29) is 11.8 Å². The van der Waals surface area contributed by atoms with Crippen LogP contribution in [0, 0.1) is 5.92 Å². The maximum Gasteiger partial charge on any atom is 0.390 e. The van der Waals surface area contributed by atoms with E-state index >= 15 is 0 Å². The van der Waals surface area contributed by atoms with Crippen molar-refractivity contribution in [1.29, 1.82) is 0 Å². The molecular formula is C11H17F3N2O2. The molecule has 7 heteroatoms. The first-order valence-corrected chi connectivity index (χ1v) is 5.81. The molecule has 1 N–H and O–H groups in total. The van der Waals surface area contributed by atoms with Crippen LogP contribution in [-0.4, -0.2) is 41.5 Å². The maximum absolute atomic E-state index is 12.2. The fourth-order valence-electron chi connectivity index (χ4n) is 2.05. The molecule has 0 saturated carbocycles. The van der Waals surface area contributed by atoms with Crippen molar-refractivity contribution >= 4 is 11.8 Å². The van der Waals surface area contributed by atoms with Gasteiger partial charge in [0.25, 0.3) is 0 Å². The normalized spacial score (nSPS) is 25.6.